The average molecular weight is 305 g/mol. The number of hydrogen-bond donors (Lipinski definition) is 0. The molecule has 0 aromatic heterocycles. The average Bonchev–Trinajstić information content (AvgIpc) is 2.46. The molecular weight excluding hydrogens is 273 g/mol. The molecule has 0 saturated heterocycles. The topological polar surface area (TPSA) is 46.6 Å². The summed E-state index contributed by atoms with van der Waals surface area (Å²) in [5.74, 6) is 0. The number of amides is 1. The second-order valence-electron chi connectivity index (χ2n) is 5.41. The minimum absolute atomic E-state index is 0.473. The van der Waals surface area contributed by atoms with Gasteiger partial charge in [-0.3, -0.25) is 4.67 Å². The molecule has 20 heavy (non-hydrogen) atoms. The Hall–Kier alpha value is -0.500. The summed E-state index contributed by atoms with van der Waals surface area (Å²) in [6, 6.07) is 0. The van der Waals surface area contributed by atoms with Gasteiger partial charge in [-0.25, -0.2) is 4.79 Å². The van der Waals surface area contributed by atoms with Crippen LogP contribution in [0.2, 0.25) is 0 Å². The molecule has 0 aromatic carbocycles. The lowest BCUT2D eigenvalue weighted by molar-refractivity contribution is 0.154. The fourth-order valence-corrected chi connectivity index (χ4v) is 4.90. The summed E-state index contributed by atoms with van der Waals surface area (Å²) in [7, 11) is 0.357. The predicted octanol–water partition coefficient (Wildman–Crippen LogP) is 5.12. The van der Waals surface area contributed by atoms with Crippen LogP contribution < -0.4 is 0 Å². The SMILES string of the molecule is CCCCCCP(=O)(CCCCCC)N(C)C(=O)OC. The van der Waals surface area contributed by atoms with Crippen LogP contribution in [0.4, 0.5) is 4.79 Å². The molecule has 0 rings (SSSR count). The van der Waals surface area contributed by atoms with Crippen LogP contribution in [0.3, 0.4) is 0 Å². The van der Waals surface area contributed by atoms with Crippen LogP contribution in [0.15, 0.2) is 0 Å². The molecule has 0 aromatic rings. The highest BCUT2D eigenvalue weighted by molar-refractivity contribution is 7.62. The van der Waals surface area contributed by atoms with Crippen LogP contribution in [0.1, 0.15) is 65.2 Å². The molecule has 1 amide bonds. The predicted molar refractivity (Wildman–Crippen MR) is 85.8 cm³/mol. The van der Waals surface area contributed by atoms with E-state index in [4.69, 9.17) is 4.74 Å². The third-order valence-corrected chi connectivity index (χ3v) is 6.99. The Bertz CT molecular complexity index is 291. The Labute approximate surface area is 124 Å². The van der Waals surface area contributed by atoms with E-state index in [0.29, 0.717) is 12.3 Å². The molecule has 0 spiro atoms. The molecule has 120 valence electrons. The monoisotopic (exact) mass is 305 g/mol. The summed E-state index contributed by atoms with van der Waals surface area (Å²) >= 11 is 0. The zero-order chi connectivity index (χ0) is 15.4. The lowest BCUT2D eigenvalue weighted by atomic mass is 10.2. The van der Waals surface area contributed by atoms with Gasteiger partial charge in [0.05, 0.1) is 7.11 Å². The van der Waals surface area contributed by atoms with Crippen molar-refractivity contribution in [3.8, 4) is 0 Å². The molecular formula is C15H32NO3P. The smallest absolute Gasteiger partial charge is 0.414 e. The van der Waals surface area contributed by atoms with Gasteiger partial charge in [0, 0.05) is 19.4 Å². The van der Waals surface area contributed by atoms with Gasteiger partial charge >= 0.3 is 6.09 Å². The van der Waals surface area contributed by atoms with Crippen molar-refractivity contribution in [2.24, 2.45) is 0 Å². The summed E-state index contributed by atoms with van der Waals surface area (Å²) in [4.78, 5) is 11.7. The molecule has 4 nitrogen and oxygen atoms in total. The first-order chi connectivity index (χ1) is 9.51. The van der Waals surface area contributed by atoms with Gasteiger partial charge in [-0.1, -0.05) is 52.4 Å². The Kier molecular flexibility index (Phi) is 10.9. The number of unbranched alkanes of at least 4 members (excludes halogenated alkanes) is 6. The van der Waals surface area contributed by atoms with E-state index < -0.39 is 13.4 Å². The Balaban J connectivity index is 4.49. The van der Waals surface area contributed by atoms with Gasteiger partial charge in [0.2, 0.25) is 0 Å². The van der Waals surface area contributed by atoms with Gasteiger partial charge in [-0.05, 0) is 12.8 Å². The van der Waals surface area contributed by atoms with Crippen LogP contribution in [0.5, 0.6) is 0 Å². The normalized spacial score (nSPS) is 11.4. The number of nitrogens with zero attached hydrogens (tertiary/aromatic N) is 1. The van der Waals surface area contributed by atoms with Crippen LogP contribution >= 0.6 is 7.29 Å². The van der Waals surface area contributed by atoms with E-state index in [2.05, 4.69) is 13.8 Å². The first-order valence-corrected chi connectivity index (χ1v) is 9.95. The summed E-state index contributed by atoms with van der Waals surface area (Å²) in [5, 5.41) is 0. The van der Waals surface area contributed by atoms with Crippen molar-refractivity contribution in [3.63, 3.8) is 0 Å². The third kappa shape index (κ3) is 7.33. The molecule has 0 heterocycles. The highest BCUT2D eigenvalue weighted by Crippen LogP contribution is 2.50. The molecule has 0 aliphatic heterocycles. The largest absolute Gasteiger partial charge is 0.452 e. The maximum Gasteiger partial charge on any atom is 0.414 e. The van der Waals surface area contributed by atoms with Crippen molar-refractivity contribution in [1.82, 2.24) is 4.67 Å². The summed E-state index contributed by atoms with van der Waals surface area (Å²) in [6.07, 6.45) is 9.47. The van der Waals surface area contributed by atoms with Crippen molar-refractivity contribution in [2.45, 2.75) is 65.2 Å². The van der Waals surface area contributed by atoms with E-state index in [1.165, 1.54) is 11.8 Å². The number of carbonyl (C=O) groups is 1. The first kappa shape index (κ1) is 19.5. The summed E-state index contributed by atoms with van der Waals surface area (Å²) in [5.41, 5.74) is 0. The first-order valence-electron chi connectivity index (χ1n) is 7.92. The Morgan fingerprint density at radius 2 is 1.40 bits per heavy atom. The summed E-state index contributed by atoms with van der Waals surface area (Å²) in [6.45, 7) is 4.32. The van der Waals surface area contributed by atoms with E-state index in [0.717, 1.165) is 51.4 Å². The number of rotatable bonds is 11. The van der Waals surface area contributed by atoms with Crippen LogP contribution in [-0.4, -0.2) is 37.2 Å². The molecule has 0 atom stereocenters. The third-order valence-electron chi connectivity index (χ3n) is 3.71. The molecule has 0 aliphatic carbocycles. The maximum atomic E-state index is 13.1. The zero-order valence-electron chi connectivity index (χ0n) is 13.7. The fraction of sp³-hybridized carbons (Fsp3) is 0.933. The van der Waals surface area contributed by atoms with Crippen LogP contribution in [-0.2, 0) is 9.30 Å². The van der Waals surface area contributed by atoms with Gasteiger partial charge < -0.3 is 9.30 Å². The van der Waals surface area contributed by atoms with Crippen molar-refractivity contribution < 1.29 is 14.1 Å². The fourth-order valence-electron chi connectivity index (χ4n) is 2.26. The summed E-state index contributed by atoms with van der Waals surface area (Å²) < 4.78 is 19.2. The Morgan fingerprint density at radius 1 is 0.950 bits per heavy atom. The minimum atomic E-state index is -2.60. The maximum absolute atomic E-state index is 13.1. The van der Waals surface area contributed by atoms with Crippen LogP contribution in [0, 0.1) is 0 Å². The quantitative estimate of drug-likeness (QED) is 0.393. The van der Waals surface area contributed by atoms with Gasteiger partial charge in [0.15, 0.2) is 7.29 Å². The van der Waals surface area contributed by atoms with Gasteiger partial charge in [-0.15, -0.1) is 0 Å². The lowest BCUT2D eigenvalue weighted by Crippen LogP contribution is -2.26. The molecule has 0 aliphatic rings. The zero-order valence-corrected chi connectivity index (χ0v) is 14.6. The van der Waals surface area contributed by atoms with Crippen molar-refractivity contribution >= 4 is 13.4 Å². The van der Waals surface area contributed by atoms with Gasteiger partial charge in [0.1, 0.15) is 0 Å². The second-order valence-corrected chi connectivity index (χ2v) is 8.60. The van der Waals surface area contributed by atoms with Crippen molar-refractivity contribution in [2.75, 3.05) is 26.5 Å². The highest BCUT2D eigenvalue weighted by Gasteiger charge is 2.30. The van der Waals surface area contributed by atoms with E-state index in [9.17, 15) is 9.36 Å². The molecule has 0 saturated carbocycles. The molecule has 5 heteroatoms. The van der Waals surface area contributed by atoms with Gasteiger partial charge in [0.25, 0.3) is 0 Å². The number of carbonyl (C=O) groups excluding carboxylic acids is 1. The number of hydrogen-bond acceptors (Lipinski definition) is 3. The van der Waals surface area contributed by atoms with E-state index >= 15 is 0 Å². The highest BCUT2D eigenvalue weighted by atomic mass is 31.2. The van der Waals surface area contributed by atoms with E-state index in [-0.39, 0.29) is 0 Å². The van der Waals surface area contributed by atoms with Crippen molar-refractivity contribution in [3.05, 3.63) is 0 Å². The van der Waals surface area contributed by atoms with Gasteiger partial charge in [-0.2, -0.15) is 0 Å². The Morgan fingerprint density at radius 3 is 1.75 bits per heavy atom. The standard InChI is InChI=1S/C15H32NO3P/c1-5-7-9-11-13-20(18,14-12-10-8-6-2)16(3)15(17)19-4/h5-14H2,1-4H3. The van der Waals surface area contributed by atoms with Crippen LogP contribution in [0.25, 0.3) is 0 Å². The van der Waals surface area contributed by atoms with Crippen molar-refractivity contribution in [1.29, 1.82) is 0 Å². The molecule has 0 N–H and O–H groups in total. The molecule has 0 radical (unpaired) electrons. The minimum Gasteiger partial charge on any atom is -0.452 e. The molecule has 0 fully saturated rings. The van der Waals surface area contributed by atoms with E-state index in [1.54, 1.807) is 7.05 Å². The second kappa shape index (κ2) is 11.2. The molecule has 0 unspecified atom stereocenters. The number of ether oxygens (including phenoxy) is 1. The lowest BCUT2D eigenvalue weighted by Gasteiger charge is -2.27. The van der Waals surface area contributed by atoms with E-state index in [1.807, 2.05) is 0 Å². The number of methoxy groups -OCH3 is 1. The molecule has 0 bridgehead atoms.